The van der Waals surface area contributed by atoms with E-state index >= 15 is 0 Å². The molecule has 5 aromatic rings. The van der Waals surface area contributed by atoms with Gasteiger partial charge in [0.1, 0.15) is 5.75 Å². The van der Waals surface area contributed by atoms with Crippen LogP contribution >= 0.6 is 11.6 Å². The van der Waals surface area contributed by atoms with Crippen LogP contribution in [-0.4, -0.2) is 31.2 Å². The highest BCUT2D eigenvalue weighted by atomic mass is 35.5. The van der Waals surface area contributed by atoms with Gasteiger partial charge >= 0.3 is 0 Å². The van der Waals surface area contributed by atoms with E-state index in [0.717, 1.165) is 45.7 Å². The van der Waals surface area contributed by atoms with Gasteiger partial charge in [-0.15, -0.1) is 10.2 Å². The zero-order chi connectivity index (χ0) is 22.9. The number of nitrogens with two attached hydrogens (primary N) is 1. The van der Waals surface area contributed by atoms with Crippen molar-refractivity contribution in [2.24, 2.45) is 0 Å². The average molecular weight is 459 g/mol. The molecule has 166 valence electrons. The summed E-state index contributed by atoms with van der Waals surface area (Å²) in [5.41, 5.74) is 12.6. The second-order valence-corrected chi connectivity index (χ2v) is 8.32. The van der Waals surface area contributed by atoms with Crippen LogP contribution in [0.25, 0.3) is 28.1 Å². The second kappa shape index (κ2) is 8.67. The Morgan fingerprint density at radius 1 is 1.09 bits per heavy atom. The van der Waals surface area contributed by atoms with Crippen molar-refractivity contribution < 1.29 is 4.74 Å². The fraction of sp³-hybridized carbons (Fsp3) is 0.200. The Bertz CT molecular complexity index is 1480. The summed E-state index contributed by atoms with van der Waals surface area (Å²) in [6.45, 7) is 4.63. The van der Waals surface area contributed by atoms with Gasteiger partial charge < -0.3 is 10.5 Å². The standard InChI is InChI=1S/C25H23ClN6O/c1-3-11-33-17-7-8-19(26)18(14-17)25-31-30-24-15(2)29-21-9-6-16(13-23(21)32(24)25)12-22-20(27)5-4-10-28-22/h4-10,13-14H,3,11-12,27H2,1-2H3. The number of rotatable bonds is 6. The van der Waals surface area contributed by atoms with Crippen molar-refractivity contribution in [3.05, 3.63) is 76.7 Å². The van der Waals surface area contributed by atoms with Crippen molar-refractivity contribution in [3.63, 3.8) is 0 Å². The fourth-order valence-electron chi connectivity index (χ4n) is 3.88. The molecule has 5 rings (SSSR count). The quantitative estimate of drug-likeness (QED) is 0.373. The zero-order valence-corrected chi connectivity index (χ0v) is 19.2. The third kappa shape index (κ3) is 3.96. The van der Waals surface area contributed by atoms with Gasteiger partial charge in [0.2, 0.25) is 0 Å². The Morgan fingerprint density at radius 3 is 2.79 bits per heavy atom. The van der Waals surface area contributed by atoms with E-state index in [2.05, 4.69) is 28.2 Å². The number of nitrogen functional groups attached to an aromatic ring is 1. The monoisotopic (exact) mass is 458 g/mol. The number of ether oxygens (including phenoxy) is 1. The molecular weight excluding hydrogens is 436 g/mol. The summed E-state index contributed by atoms with van der Waals surface area (Å²) in [4.78, 5) is 9.16. The van der Waals surface area contributed by atoms with E-state index in [1.54, 1.807) is 6.20 Å². The Morgan fingerprint density at radius 2 is 1.97 bits per heavy atom. The van der Waals surface area contributed by atoms with E-state index in [1.807, 2.05) is 53.8 Å². The molecule has 0 bridgehead atoms. The van der Waals surface area contributed by atoms with Crippen LogP contribution in [0.15, 0.2) is 54.7 Å². The summed E-state index contributed by atoms with van der Waals surface area (Å²) >= 11 is 6.59. The minimum Gasteiger partial charge on any atom is -0.494 e. The van der Waals surface area contributed by atoms with Crippen LogP contribution in [0.5, 0.6) is 5.75 Å². The lowest BCUT2D eigenvalue weighted by Gasteiger charge is -2.11. The van der Waals surface area contributed by atoms with Gasteiger partial charge in [-0.1, -0.05) is 24.6 Å². The van der Waals surface area contributed by atoms with Gasteiger partial charge in [0.15, 0.2) is 11.5 Å². The number of halogens is 1. The predicted molar refractivity (Wildman–Crippen MR) is 131 cm³/mol. The summed E-state index contributed by atoms with van der Waals surface area (Å²) in [5.74, 6) is 1.39. The van der Waals surface area contributed by atoms with Gasteiger partial charge in [-0.2, -0.15) is 0 Å². The van der Waals surface area contributed by atoms with Crippen LogP contribution in [0.2, 0.25) is 5.02 Å². The highest BCUT2D eigenvalue weighted by Gasteiger charge is 2.18. The van der Waals surface area contributed by atoms with E-state index < -0.39 is 0 Å². The smallest absolute Gasteiger partial charge is 0.183 e. The van der Waals surface area contributed by atoms with Gasteiger partial charge in [-0.05, 0) is 61.4 Å². The number of aromatic nitrogens is 5. The largest absolute Gasteiger partial charge is 0.494 e. The van der Waals surface area contributed by atoms with Crippen LogP contribution < -0.4 is 10.5 Å². The molecule has 3 aromatic heterocycles. The lowest BCUT2D eigenvalue weighted by molar-refractivity contribution is 0.317. The van der Waals surface area contributed by atoms with Gasteiger partial charge in [-0.25, -0.2) is 4.98 Å². The van der Waals surface area contributed by atoms with Crippen molar-refractivity contribution in [1.29, 1.82) is 0 Å². The second-order valence-electron chi connectivity index (χ2n) is 7.91. The SMILES string of the molecule is CCCOc1ccc(Cl)c(-c2nnc3c(C)nc4ccc(Cc5ncccc5N)cc4n23)c1. The van der Waals surface area contributed by atoms with Crippen molar-refractivity contribution in [2.75, 3.05) is 12.3 Å². The Labute approximate surface area is 196 Å². The molecule has 0 aliphatic carbocycles. The third-order valence-corrected chi connectivity index (χ3v) is 5.83. The highest BCUT2D eigenvalue weighted by Crippen LogP contribution is 2.33. The van der Waals surface area contributed by atoms with Crippen molar-refractivity contribution >= 4 is 34.0 Å². The van der Waals surface area contributed by atoms with Crippen LogP contribution in [0.1, 0.15) is 30.3 Å². The first-order valence-corrected chi connectivity index (χ1v) is 11.2. The van der Waals surface area contributed by atoms with Gasteiger partial charge in [0.05, 0.1) is 39.7 Å². The van der Waals surface area contributed by atoms with Gasteiger partial charge in [0.25, 0.3) is 0 Å². The molecule has 8 heteroatoms. The number of nitrogens with zero attached hydrogens (tertiary/aromatic N) is 5. The maximum Gasteiger partial charge on any atom is 0.183 e. The first-order valence-electron chi connectivity index (χ1n) is 10.8. The maximum absolute atomic E-state index is 6.59. The molecule has 0 unspecified atom stereocenters. The Hall–Kier alpha value is -3.71. The molecule has 0 saturated carbocycles. The molecule has 0 radical (unpaired) electrons. The number of hydrogen-bond acceptors (Lipinski definition) is 6. The van der Waals surface area contributed by atoms with E-state index in [0.29, 0.717) is 35.2 Å². The number of pyridine rings is 1. The zero-order valence-electron chi connectivity index (χ0n) is 18.4. The normalized spacial score (nSPS) is 11.4. The summed E-state index contributed by atoms with van der Waals surface area (Å²) < 4.78 is 7.83. The van der Waals surface area contributed by atoms with Gasteiger partial charge in [0, 0.05) is 18.2 Å². The first kappa shape index (κ1) is 21.2. The number of benzene rings is 2. The van der Waals surface area contributed by atoms with Crippen LogP contribution in [0, 0.1) is 6.92 Å². The van der Waals surface area contributed by atoms with E-state index in [4.69, 9.17) is 27.1 Å². The molecule has 0 aliphatic heterocycles. The van der Waals surface area contributed by atoms with Crippen molar-refractivity contribution in [2.45, 2.75) is 26.7 Å². The fourth-order valence-corrected chi connectivity index (χ4v) is 4.08. The Kier molecular flexibility index (Phi) is 5.56. The molecule has 0 spiro atoms. The van der Waals surface area contributed by atoms with E-state index in [9.17, 15) is 0 Å². The molecule has 7 nitrogen and oxygen atoms in total. The number of aryl methyl sites for hydroxylation is 1. The molecule has 0 atom stereocenters. The van der Waals surface area contributed by atoms with Crippen LogP contribution in [0.3, 0.4) is 0 Å². The molecular formula is C25H23ClN6O. The van der Waals surface area contributed by atoms with E-state index in [-0.39, 0.29) is 0 Å². The number of anilines is 1. The Balaban J connectivity index is 1.69. The molecule has 2 aromatic carbocycles. The summed E-state index contributed by atoms with van der Waals surface area (Å²) in [7, 11) is 0. The molecule has 0 saturated heterocycles. The topological polar surface area (TPSA) is 91.2 Å². The van der Waals surface area contributed by atoms with E-state index in [1.165, 1.54) is 0 Å². The molecule has 0 fully saturated rings. The van der Waals surface area contributed by atoms with Crippen LogP contribution in [0.4, 0.5) is 5.69 Å². The number of fused-ring (bicyclic) bond motifs is 3. The summed E-state index contributed by atoms with van der Waals surface area (Å²) in [5, 5.41) is 9.49. The minimum atomic E-state index is 0.577. The summed E-state index contributed by atoms with van der Waals surface area (Å²) in [6, 6.07) is 15.4. The lowest BCUT2D eigenvalue weighted by Crippen LogP contribution is -2.01. The number of hydrogen-bond donors (Lipinski definition) is 1. The molecule has 0 amide bonds. The molecule has 3 heterocycles. The average Bonchev–Trinajstić information content (AvgIpc) is 3.26. The first-order chi connectivity index (χ1) is 16.0. The van der Waals surface area contributed by atoms with Crippen molar-refractivity contribution in [1.82, 2.24) is 24.6 Å². The summed E-state index contributed by atoms with van der Waals surface area (Å²) in [6.07, 6.45) is 3.28. The third-order valence-electron chi connectivity index (χ3n) is 5.50. The highest BCUT2D eigenvalue weighted by molar-refractivity contribution is 6.33. The lowest BCUT2D eigenvalue weighted by atomic mass is 10.1. The molecule has 0 aliphatic rings. The van der Waals surface area contributed by atoms with Gasteiger partial charge in [-0.3, -0.25) is 9.38 Å². The predicted octanol–water partition coefficient (Wildman–Crippen LogP) is 5.26. The van der Waals surface area contributed by atoms with Crippen molar-refractivity contribution in [3.8, 4) is 17.1 Å². The van der Waals surface area contributed by atoms with Crippen LogP contribution in [-0.2, 0) is 6.42 Å². The molecule has 2 N–H and O–H groups in total. The molecule has 33 heavy (non-hydrogen) atoms. The minimum absolute atomic E-state index is 0.577. The maximum atomic E-state index is 6.59.